The monoisotopic (exact) mass is 272 g/mol. The molecule has 0 aromatic carbocycles. The highest BCUT2D eigenvalue weighted by Gasteiger charge is 2.29. The molecule has 0 amide bonds. The van der Waals surface area contributed by atoms with Gasteiger partial charge in [0, 0.05) is 18.8 Å². The van der Waals surface area contributed by atoms with Crippen molar-refractivity contribution in [2.75, 3.05) is 18.0 Å². The van der Waals surface area contributed by atoms with Crippen LogP contribution in [0.5, 0.6) is 0 Å². The van der Waals surface area contributed by atoms with E-state index in [0.717, 1.165) is 37.3 Å². The number of aryl methyl sites for hydroxylation is 2. The predicted molar refractivity (Wildman–Crippen MR) is 82.5 cm³/mol. The first kappa shape index (κ1) is 13.4. The van der Waals surface area contributed by atoms with Gasteiger partial charge < -0.3 is 10.6 Å². The Labute approximate surface area is 120 Å². The minimum Gasteiger partial charge on any atom is -0.384 e. The number of piperidine rings is 1. The maximum absolute atomic E-state index is 7.87. The summed E-state index contributed by atoms with van der Waals surface area (Å²) in [5.41, 5.74) is 9.44. The zero-order valence-corrected chi connectivity index (χ0v) is 12.5. The van der Waals surface area contributed by atoms with Crippen LogP contribution in [0.4, 0.5) is 5.82 Å². The van der Waals surface area contributed by atoms with Crippen molar-refractivity contribution >= 4 is 11.7 Å². The molecule has 0 radical (unpaired) electrons. The molecule has 4 nitrogen and oxygen atoms in total. The van der Waals surface area contributed by atoms with Crippen LogP contribution in [0.1, 0.15) is 49.9 Å². The van der Waals surface area contributed by atoms with Gasteiger partial charge in [0.1, 0.15) is 11.7 Å². The van der Waals surface area contributed by atoms with E-state index in [2.05, 4.69) is 24.8 Å². The van der Waals surface area contributed by atoms with E-state index in [9.17, 15) is 0 Å². The van der Waals surface area contributed by atoms with Crippen LogP contribution in [0.3, 0.4) is 0 Å². The molecular weight excluding hydrogens is 248 g/mol. The summed E-state index contributed by atoms with van der Waals surface area (Å²) in [5.74, 6) is 1.08. The van der Waals surface area contributed by atoms with Gasteiger partial charge in [-0.15, -0.1) is 0 Å². The second-order valence-corrected chi connectivity index (χ2v) is 6.92. The Morgan fingerprint density at radius 2 is 2.15 bits per heavy atom. The van der Waals surface area contributed by atoms with Crippen LogP contribution < -0.4 is 10.6 Å². The summed E-state index contributed by atoms with van der Waals surface area (Å²) in [5, 5.41) is 7.87. The molecule has 0 bridgehead atoms. The van der Waals surface area contributed by atoms with Crippen molar-refractivity contribution in [3.63, 3.8) is 0 Å². The summed E-state index contributed by atoms with van der Waals surface area (Å²) in [7, 11) is 0. The molecule has 0 spiro atoms. The number of fused-ring (bicyclic) bond motifs is 1. The van der Waals surface area contributed by atoms with Crippen LogP contribution in [0.25, 0.3) is 0 Å². The third-order valence-electron chi connectivity index (χ3n) is 4.52. The SMILES string of the molecule is CC1(C)CCCN(c2nc3c(cc2C(=N)N)CCC3)C1. The van der Waals surface area contributed by atoms with E-state index in [0.29, 0.717) is 5.41 Å². The van der Waals surface area contributed by atoms with Gasteiger partial charge in [0.25, 0.3) is 0 Å². The highest BCUT2D eigenvalue weighted by molar-refractivity contribution is 6.00. The number of anilines is 1. The number of nitrogen functional groups attached to an aromatic ring is 1. The molecule has 1 saturated heterocycles. The zero-order chi connectivity index (χ0) is 14.3. The number of nitrogens with zero attached hydrogens (tertiary/aromatic N) is 2. The first-order valence-electron chi connectivity index (χ1n) is 7.58. The average molecular weight is 272 g/mol. The summed E-state index contributed by atoms with van der Waals surface area (Å²) >= 11 is 0. The number of nitrogens with two attached hydrogens (primary N) is 1. The fourth-order valence-electron chi connectivity index (χ4n) is 3.50. The Hall–Kier alpha value is -1.58. The van der Waals surface area contributed by atoms with Crippen molar-refractivity contribution in [2.24, 2.45) is 11.1 Å². The van der Waals surface area contributed by atoms with Gasteiger partial charge >= 0.3 is 0 Å². The van der Waals surface area contributed by atoms with Gasteiger partial charge in [-0.25, -0.2) is 4.98 Å². The van der Waals surface area contributed by atoms with Gasteiger partial charge in [-0.2, -0.15) is 0 Å². The summed E-state index contributed by atoms with van der Waals surface area (Å²) < 4.78 is 0. The highest BCUT2D eigenvalue weighted by atomic mass is 15.2. The molecule has 3 N–H and O–H groups in total. The Morgan fingerprint density at radius 1 is 1.35 bits per heavy atom. The molecule has 4 heteroatoms. The summed E-state index contributed by atoms with van der Waals surface area (Å²) in [6.07, 6.45) is 5.76. The molecule has 1 aromatic heterocycles. The number of pyridine rings is 1. The molecule has 108 valence electrons. The zero-order valence-electron chi connectivity index (χ0n) is 12.5. The van der Waals surface area contributed by atoms with Crippen LogP contribution in [0, 0.1) is 10.8 Å². The first-order valence-corrected chi connectivity index (χ1v) is 7.58. The Bertz CT molecular complexity index is 548. The summed E-state index contributed by atoms with van der Waals surface area (Å²) in [6, 6.07) is 2.11. The molecule has 3 rings (SSSR count). The van der Waals surface area contributed by atoms with Crippen LogP contribution in [-0.4, -0.2) is 23.9 Å². The van der Waals surface area contributed by atoms with Crippen molar-refractivity contribution in [1.82, 2.24) is 4.98 Å². The fraction of sp³-hybridized carbons (Fsp3) is 0.625. The van der Waals surface area contributed by atoms with Gasteiger partial charge in [-0.1, -0.05) is 13.8 Å². The van der Waals surface area contributed by atoms with Gasteiger partial charge in [-0.3, -0.25) is 5.41 Å². The Kier molecular flexibility index (Phi) is 3.19. The van der Waals surface area contributed by atoms with Crippen molar-refractivity contribution in [1.29, 1.82) is 5.41 Å². The summed E-state index contributed by atoms with van der Waals surface area (Å²) in [6.45, 7) is 6.63. The summed E-state index contributed by atoms with van der Waals surface area (Å²) in [4.78, 5) is 7.20. The third-order valence-corrected chi connectivity index (χ3v) is 4.52. The van der Waals surface area contributed by atoms with E-state index in [-0.39, 0.29) is 5.84 Å². The van der Waals surface area contributed by atoms with E-state index >= 15 is 0 Å². The topological polar surface area (TPSA) is 66.0 Å². The second-order valence-electron chi connectivity index (χ2n) is 6.92. The molecule has 1 fully saturated rings. The van der Waals surface area contributed by atoms with E-state index in [1.54, 1.807) is 0 Å². The molecule has 1 aliphatic heterocycles. The maximum atomic E-state index is 7.87. The van der Waals surface area contributed by atoms with Gasteiger partial charge in [0.05, 0.1) is 5.56 Å². The number of rotatable bonds is 2. The first-order chi connectivity index (χ1) is 9.46. The molecule has 0 unspecified atom stereocenters. The lowest BCUT2D eigenvalue weighted by atomic mass is 9.84. The quantitative estimate of drug-likeness (QED) is 0.642. The van der Waals surface area contributed by atoms with Gasteiger partial charge in [0.2, 0.25) is 0 Å². The minimum atomic E-state index is 0.144. The highest BCUT2D eigenvalue weighted by Crippen LogP contribution is 2.34. The molecule has 0 saturated carbocycles. The van der Waals surface area contributed by atoms with Gasteiger partial charge in [-0.05, 0) is 49.1 Å². The molecule has 20 heavy (non-hydrogen) atoms. The lowest BCUT2D eigenvalue weighted by Crippen LogP contribution is -2.41. The van der Waals surface area contributed by atoms with Crippen molar-refractivity contribution in [3.8, 4) is 0 Å². The number of nitrogens with one attached hydrogen (secondary N) is 1. The van der Waals surface area contributed by atoms with E-state index < -0.39 is 0 Å². The lowest BCUT2D eigenvalue weighted by molar-refractivity contribution is 0.292. The molecule has 1 aliphatic carbocycles. The molecule has 2 aliphatic rings. The van der Waals surface area contributed by atoms with Crippen LogP contribution >= 0.6 is 0 Å². The molecule has 1 aromatic rings. The maximum Gasteiger partial charge on any atom is 0.139 e. The average Bonchev–Trinajstić information content (AvgIpc) is 2.83. The van der Waals surface area contributed by atoms with Crippen molar-refractivity contribution in [2.45, 2.75) is 46.0 Å². The van der Waals surface area contributed by atoms with Crippen molar-refractivity contribution < 1.29 is 0 Å². The fourth-order valence-corrected chi connectivity index (χ4v) is 3.50. The predicted octanol–water partition coefficient (Wildman–Crippen LogP) is 2.48. The van der Waals surface area contributed by atoms with E-state index in [1.165, 1.54) is 30.5 Å². The van der Waals surface area contributed by atoms with E-state index in [1.807, 2.05) is 0 Å². The number of amidine groups is 1. The molecule has 2 heterocycles. The van der Waals surface area contributed by atoms with Crippen molar-refractivity contribution in [3.05, 3.63) is 22.9 Å². The second kappa shape index (κ2) is 4.76. The molecule has 0 atom stereocenters. The van der Waals surface area contributed by atoms with E-state index in [4.69, 9.17) is 16.1 Å². The number of hydrogen-bond acceptors (Lipinski definition) is 3. The number of aromatic nitrogens is 1. The Morgan fingerprint density at radius 3 is 2.85 bits per heavy atom. The lowest BCUT2D eigenvalue weighted by Gasteiger charge is -2.39. The van der Waals surface area contributed by atoms with Crippen LogP contribution in [0.15, 0.2) is 6.07 Å². The van der Waals surface area contributed by atoms with Crippen LogP contribution in [0.2, 0.25) is 0 Å². The number of hydrogen-bond donors (Lipinski definition) is 2. The Balaban J connectivity index is 2.01. The van der Waals surface area contributed by atoms with Gasteiger partial charge in [0.15, 0.2) is 0 Å². The largest absolute Gasteiger partial charge is 0.384 e. The normalized spacial score (nSPS) is 20.8. The standard InChI is InChI=1S/C16H24N4/c1-16(2)7-4-8-20(10-16)15-12(14(17)18)9-11-5-3-6-13(11)19-15/h9H,3-8,10H2,1-2H3,(H3,17,18). The minimum absolute atomic E-state index is 0.144. The third kappa shape index (κ3) is 2.39. The molecular formula is C16H24N4. The van der Waals surface area contributed by atoms with Crippen LogP contribution in [-0.2, 0) is 12.8 Å². The smallest absolute Gasteiger partial charge is 0.139 e.